The third kappa shape index (κ3) is 3.91. The Morgan fingerprint density at radius 3 is 2.83 bits per heavy atom. The molecule has 7 heteroatoms. The summed E-state index contributed by atoms with van der Waals surface area (Å²) < 4.78 is 6.73. The summed E-state index contributed by atoms with van der Waals surface area (Å²) in [5.41, 5.74) is 0.171. The fourth-order valence-electron chi connectivity index (χ4n) is 3.02. The first-order valence-corrected chi connectivity index (χ1v) is 8.05. The highest BCUT2D eigenvalue weighted by Gasteiger charge is 2.38. The molecule has 0 radical (unpaired) electrons. The third-order valence-corrected chi connectivity index (χ3v) is 4.40. The van der Waals surface area contributed by atoms with Gasteiger partial charge in [-0.1, -0.05) is 17.3 Å². The number of carbonyl (C=O) groups is 1. The van der Waals surface area contributed by atoms with E-state index in [9.17, 15) is 9.90 Å². The Morgan fingerprint density at radius 2 is 2.17 bits per heavy atom. The summed E-state index contributed by atoms with van der Waals surface area (Å²) in [5, 5.41) is 18.2. The number of benzene rings is 1. The number of hydrogen-bond donors (Lipinski definition) is 1. The fourth-order valence-corrected chi connectivity index (χ4v) is 3.02. The van der Waals surface area contributed by atoms with E-state index in [1.54, 1.807) is 29.1 Å². The van der Waals surface area contributed by atoms with Crippen molar-refractivity contribution in [1.29, 1.82) is 0 Å². The Kier molecular flexibility index (Phi) is 4.80. The SMILES string of the molecule is COc1ccc(CCC(=O)N2CCC(O)(Cn3ccnn3)C2)cc1. The second kappa shape index (κ2) is 7.00. The lowest BCUT2D eigenvalue weighted by Crippen LogP contribution is -2.39. The molecule has 1 N–H and O–H groups in total. The summed E-state index contributed by atoms with van der Waals surface area (Å²) in [6, 6.07) is 7.73. The lowest BCUT2D eigenvalue weighted by atomic mass is 10.0. The van der Waals surface area contributed by atoms with Gasteiger partial charge in [0.1, 0.15) is 11.4 Å². The first kappa shape index (κ1) is 16.4. The summed E-state index contributed by atoms with van der Waals surface area (Å²) in [7, 11) is 1.63. The number of amides is 1. The van der Waals surface area contributed by atoms with Gasteiger partial charge in [0.25, 0.3) is 0 Å². The van der Waals surface area contributed by atoms with Crippen molar-refractivity contribution in [3.8, 4) is 5.75 Å². The van der Waals surface area contributed by atoms with E-state index < -0.39 is 5.60 Å². The van der Waals surface area contributed by atoms with Crippen molar-refractivity contribution in [3.05, 3.63) is 42.2 Å². The molecule has 1 aliphatic heterocycles. The van der Waals surface area contributed by atoms with Gasteiger partial charge in [-0.2, -0.15) is 0 Å². The maximum absolute atomic E-state index is 12.4. The first-order valence-electron chi connectivity index (χ1n) is 8.05. The molecule has 2 aromatic rings. The van der Waals surface area contributed by atoms with Crippen molar-refractivity contribution in [2.24, 2.45) is 0 Å². The van der Waals surface area contributed by atoms with E-state index >= 15 is 0 Å². The largest absolute Gasteiger partial charge is 0.497 e. The van der Waals surface area contributed by atoms with Gasteiger partial charge in [-0.05, 0) is 30.5 Å². The molecule has 1 unspecified atom stereocenters. The van der Waals surface area contributed by atoms with Crippen molar-refractivity contribution in [2.45, 2.75) is 31.4 Å². The summed E-state index contributed by atoms with van der Waals surface area (Å²) in [6.45, 7) is 1.27. The molecule has 0 aliphatic carbocycles. The zero-order valence-electron chi connectivity index (χ0n) is 13.8. The molecule has 1 amide bonds. The maximum atomic E-state index is 12.4. The molecule has 1 saturated heterocycles. The molecule has 0 spiro atoms. The molecule has 0 saturated carbocycles. The zero-order chi connectivity index (χ0) is 17.0. The predicted octanol–water partition coefficient (Wildman–Crippen LogP) is 0.883. The highest BCUT2D eigenvalue weighted by atomic mass is 16.5. The number of rotatable bonds is 6. The average molecular weight is 330 g/mol. The first-order chi connectivity index (χ1) is 11.6. The summed E-state index contributed by atoms with van der Waals surface area (Å²) in [6.07, 6.45) is 4.97. The van der Waals surface area contributed by atoms with E-state index in [2.05, 4.69) is 10.3 Å². The van der Waals surface area contributed by atoms with E-state index in [4.69, 9.17) is 4.74 Å². The maximum Gasteiger partial charge on any atom is 0.223 e. The van der Waals surface area contributed by atoms with E-state index in [1.165, 1.54) is 0 Å². The van der Waals surface area contributed by atoms with Crippen LogP contribution in [0.4, 0.5) is 0 Å². The van der Waals surface area contributed by atoms with Gasteiger partial charge >= 0.3 is 0 Å². The number of aliphatic hydroxyl groups is 1. The Hall–Kier alpha value is -2.41. The molecule has 2 heterocycles. The molecule has 24 heavy (non-hydrogen) atoms. The molecule has 1 aromatic heterocycles. The predicted molar refractivity (Wildman–Crippen MR) is 87.5 cm³/mol. The van der Waals surface area contributed by atoms with Gasteiger partial charge in [0.05, 0.1) is 26.4 Å². The molecular weight excluding hydrogens is 308 g/mol. The Labute approximate surface area is 140 Å². The number of aromatic nitrogens is 3. The van der Waals surface area contributed by atoms with Gasteiger partial charge in [-0.25, -0.2) is 4.68 Å². The minimum atomic E-state index is -0.927. The number of carbonyl (C=O) groups excluding carboxylic acids is 1. The molecule has 1 aliphatic rings. The van der Waals surface area contributed by atoms with Crippen LogP contribution in [-0.2, 0) is 17.8 Å². The standard InChI is InChI=1S/C17H22N4O3/c1-24-15-5-2-14(3-6-15)4-7-16(22)20-10-8-17(23,12-20)13-21-11-9-18-19-21/h2-3,5-6,9,11,23H,4,7-8,10,12-13H2,1H3. The Balaban J connectivity index is 1.50. The topological polar surface area (TPSA) is 80.5 Å². The number of methoxy groups -OCH3 is 1. The van der Waals surface area contributed by atoms with Crippen LogP contribution in [0.15, 0.2) is 36.7 Å². The van der Waals surface area contributed by atoms with Crippen LogP contribution in [0, 0.1) is 0 Å². The van der Waals surface area contributed by atoms with Gasteiger partial charge in [0.15, 0.2) is 0 Å². The van der Waals surface area contributed by atoms with Crippen LogP contribution < -0.4 is 4.74 Å². The van der Waals surface area contributed by atoms with Crippen molar-refractivity contribution >= 4 is 5.91 Å². The minimum absolute atomic E-state index is 0.0698. The average Bonchev–Trinajstić information content (AvgIpc) is 3.23. The molecule has 128 valence electrons. The van der Waals surface area contributed by atoms with Gasteiger partial charge in [0, 0.05) is 19.2 Å². The highest BCUT2D eigenvalue weighted by Crippen LogP contribution is 2.24. The lowest BCUT2D eigenvalue weighted by molar-refractivity contribution is -0.131. The number of likely N-dealkylation sites (tertiary alicyclic amines) is 1. The van der Waals surface area contributed by atoms with Crippen molar-refractivity contribution in [1.82, 2.24) is 19.9 Å². The number of ether oxygens (including phenoxy) is 1. The minimum Gasteiger partial charge on any atom is -0.497 e. The van der Waals surface area contributed by atoms with E-state index in [0.717, 1.165) is 11.3 Å². The van der Waals surface area contributed by atoms with Crippen LogP contribution >= 0.6 is 0 Å². The van der Waals surface area contributed by atoms with Crippen molar-refractivity contribution < 1.29 is 14.6 Å². The summed E-state index contributed by atoms with van der Waals surface area (Å²) in [4.78, 5) is 14.1. The molecule has 3 rings (SSSR count). The van der Waals surface area contributed by atoms with Crippen molar-refractivity contribution in [2.75, 3.05) is 20.2 Å². The van der Waals surface area contributed by atoms with Crippen LogP contribution in [0.25, 0.3) is 0 Å². The third-order valence-electron chi connectivity index (χ3n) is 4.40. The second-order valence-corrected chi connectivity index (χ2v) is 6.24. The van der Waals surface area contributed by atoms with E-state index in [1.807, 2.05) is 24.3 Å². The van der Waals surface area contributed by atoms with Crippen LogP contribution in [0.3, 0.4) is 0 Å². The van der Waals surface area contributed by atoms with Gasteiger partial charge in [0.2, 0.25) is 5.91 Å². The highest BCUT2D eigenvalue weighted by molar-refractivity contribution is 5.77. The Bertz CT molecular complexity index is 672. The molecule has 1 atom stereocenters. The number of nitrogens with zero attached hydrogens (tertiary/aromatic N) is 4. The second-order valence-electron chi connectivity index (χ2n) is 6.24. The van der Waals surface area contributed by atoms with Gasteiger partial charge in [-0.15, -0.1) is 5.10 Å². The zero-order valence-corrected chi connectivity index (χ0v) is 13.8. The quantitative estimate of drug-likeness (QED) is 0.850. The smallest absolute Gasteiger partial charge is 0.223 e. The lowest BCUT2D eigenvalue weighted by Gasteiger charge is -2.23. The fraction of sp³-hybridized carbons (Fsp3) is 0.471. The van der Waals surface area contributed by atoms with Crippen LogP contribution in [-0.4, -0.2) is 56.7 Å². The van der Waals surface area contributed by atoms with Crippen LogP contribution in [0.1, 0.15) is 18.4 Å². The van der Waals surface area contributed by atoms with Gasteiger partial charge < -0.3 is 14.7 Å². The van der Waals surface area contributed by atoms with Crippen LogP contribution in [0.5, 0.6) is 5.75 Å². The summed E-state index contributed by atoms with van der Waals surface area (Å²) in [5.74, 6) is 0.878. The van der Waals surface area contributed by atoms with E-state index in [-0.39, 0.29) is 5.91 Å². The van der Waals surface area contributed by atoms with Gasteiger partial charge in [-0.3, -0.25) is 4.79 Å². The van der Waals surface area contributed by atoms with Crippen LogP contribution in [0.2, 0.25) is 0 Å². The number of β-amino-alcohol motifs (C(OH)–C–C–N with tert-alkyl or cyclic N) is 1. The van der Waals surface area contributed by atoms with E-state index in [0.29, 0.717) is 38.9 Å². The molecule has 0 bridgehead atoms. The molecule has 1 fully saturated rings. The number of aryl methyl sites for hydroxylation is 1. The Morgan fingerprint density at radius 1 is 1.38 bits per heavy atom. The molecule has 1 aromatic carbocycles. The summed E-state index contributed by atoms with van der Waals surface area (Å²) >= 11 is 0. The molecular formula is C17H22N4O3. The number of hydrogen-bond acceptors (Lipinski definition) is 5. The molecule has 7 nitrogen and oxygen atoms in total. The van der Waals surface area contributed by atoms with Crippen molar-refractivity contribution in [3.63, 3.8) is 0 Å². The monoisotopic (exact) mass is 330 g/mol. The normalized spacial score (nSPS) is 20.3.